The molecule has 0 heterocycles. The molecular formula is C36H35Au2BrOP2-3. The van der Waals surface area contributed by atoms with Gasteiger partial charge >= 0.3 is 32.0 Å². The molecule has 0 aliphatic carbocycles. The first-order chi connectivity index (χ1) is 19.7. The van der Waals surface area contributed by atoms with Crippen LogP contribution in [0.3, 0.4) is 0 Å². The van der Waals surface area contributed by atoms with E-state index in [0.717, 1.165) is 0 Å². The molecule has 5 aromatic rings. The van der Waals surface area contributed by atoms with E-state index in [9.17, 15) is 4.79 Å². The quantitative estimate of drug-likeness (QED) is 0.0745. The summed E-state index contributed by atoms with van der Waals surface area (Å²) in [7, 11) is -3.29. The van der Waals surface area contributed by atoms with Crippen molar-refractivity contribution in [3.8, 4) is 0 Å². The van der Waals surface area contributed by atoms with Crippen molar-refractivity contribution >= 4 is 54.6 Å². The summed E-state index contributed by atoms with van der Waals surface area (Å²) in [4.78, 5) is 10.5. The molecule has 227 valence electrons. The third-order valence-corrected chi connectivity index (χ3v) is 11.2. The fraction of sp³-hybridized carbons (Fsp3) is 0. The molecule has 6 heteroatoms. The minimum Gasteiger partial charge on any atom is -0.332 e. The normalized spacial score (nSPS) is 10.2. The van der Waals surface area contributed by atoms with E-state index < -0.39 is 14.5 Å². The Balaban J connectivity index is 0.000000311. The topological polar surface area (TPSA) is 17.1 Å². The van der Waals surface area contributed by atoms with Crippen molar-refractivity contribution in [1.29, 1.82) is 0 Å². The summed E-state index contributed by atoms with van der Waals surface area (Å²) in [5, 5.41) is 4.99. The molecule has 5 rings (SSSR count). The van der Waals surface area contributed by atoms with Crippen LogP contribution in [-0.4, -0.2) is 5.78 Å². The fourth-order valence-corrected chi connectivity index (χ4v) is 7.34. The Bertz CT molecular complexity index is 1230. The van der Waals surface area contributed by atoms with Crippen LogP contribution < -0.4 is 21.2 Å². The molecule has 0 aliphatic rings. The first-order valence-corrected chi connectivity index (χ1v) is 21.7. The van der Waals surface area contributed by atoms with E-state index in [-0.39, 0.29) is 28.2 Å². The monoisotopic (exact) mass is 1020 g/mol. The van der Waals surface area contributed by atoms with Gasteiger partial charge in [-0.15, -0.1) is 17.7 Å². The maximum Gasteiger partial charge on any atom is 0.0408 e. The summed E-state index contributed by atoms with van der Waals surface area (Å²) < 4.78 is 0. The molecule has 1 radical (unpaired) electrons. The summed E-state index contributed by atoms with van der Waals surface area (Å²) in [6.45, 7) is 20.5. The van der Waals surface area contributed by atoms with E-state index in [1.54, 1.807) is 12.1 Å². The maximum atomic E-state index is 10.5. The smallest absolute Gasteiger partial charge is 0.0408 e. The standard InChI is InChI=1S/2C14H14P.C8H7O.2Au.BrH/c2*1-15(2,13-9-5-3-6-10-13)14-11-7-4-8-12-14;1-7(9)8-5-3-2-4-6-8;;;/h2*3-12H,1-2H2;2-6H,1H2;;;1H/q3*-1;;+1;/p-1. The molecular weight excluding hydrogens is 984 g/mol. The zero-order valence-electron chi connectivity index (χ0n) is 23.3. The van der Waals surface area contributed by atoms with Crippen LogP contribution in [0.5, 0.6) is 0 Å². The molecule has 0 aliphatic heterocycles. The number of hydrogen-bond acceptors (Lipinski definition) is 1. The van der Waals surface area contributed by atoms with E-state index in [0.29, 0.717) is 5.56 Å². The molecule has 0 spiro atoms. The van der Waals surface area contributed by atoms with Crippen LogP contribution in [0.15, 0.2) is 152 Å². The molecule has 0 aromatic heterocycles. The van der Waals surface area contributed by atoms with E-state index in [1.807, 2.05) is 91.0 Å². The van der Waals surface area contributed by atoms with Gasteiger partial charge in [0, 0.05) is 49.4 Å². The SMILES string of the molecule is [Au].[Br][Au].[CH2-]C(=O)c1ccccc1.[CH2-][P+]([CH2-])(c1ccccc1)c1ccccc1.[CH2-][P+]([CH2-])(c1ccccc1)c1ccccc1. The predicted octanol–water partition coefficient (Wildman–Crippen LogP) is 9.02. The van der Waals surface area contributed by atoms with Gasteiger partial charge < -0.3 is 4.79 Å². The molecule has 0 bridgehead atoms. The summed E-state index contributed by atoms with van der Waals surface area (Å²) in [5.74, 6) is -0.129. The molecule has 0 N–H and O–H groups in total. The van der Waals surface area contributed by atoms with Crippen molar-refractivity contribution < 1.29 is 46.1 Å². The van der Waals surface area contributed by atoms with E-state index >= 15 is 0 Å². The third kappa shape index (κ3) is 12.2. The number of halogens is 1. The maximum absolute atomic E-state index is 10.5. The van der Waals surface area contributed by atoms with Crippen LogP contribution in [0.1, 0.15) is 10.4 Å². The van der Waals surface area contributed by atoms with Crippen molar-refractivity contribution in [2.45, 2.75) is 0 Å². The first kappa shape index (κ1) is 38.5. The zero-order valence-corrected chi connectivity index (χ0v) is 31.0. The molecule has 1 nitrogen and oxygen atoms in total. The van der Waals surface area contributed by atoms with Gasteiger partial charge in [0.1, 0.15) is 0 Å². The molecule has 0 fully saturated rings. The summed E-state index contributed by atoms with van der Waals surface area (Å²) in [5.41, 5.74) is 0.664. The number of Topliss-reactive ketones (excluding diaryl/α,β-unsaturated/α-hetero) is 1. The summed E-state index contributed by atoms with van der Waals surface area (Å²) in [6, 6.07) is 50.3. The van der Waals surface area contributed by atoms with Gasteiger partial charge in [0.25, 0.3) is 0 Å². The van der Waals surface area contributed by atoms with E-state index in [4.69, 9.17) is 0 Å². The number of ketones is 1. The number of rotatable bonds is 5. The Labute approximate surface area is 289 Å². The Morgan fingerprint density at radius 1 is 0.452 bits per heavy atom. The Kier molecular flexibility index (Phi) is 18.7. The van der Waals surface area contributed by atoms with E-state index in [2.05, 4.69) is 114 Å². The second-order valence-corrected chi connectivity index (χ2v) is 15.0. The predicted molar refractivity (Wildman–Crippen MR) is 185 cm³/mol. The van der Waals surface area contributed by atoms with Crippen LogP contribution in [0, 0.1) is 33.6 Å². The minimum atomic E-state index is -1.65. The van der Waals surface area contributed by atoms with Gasteiger partial charge in [-0.25, -0.2) is 0 Å². The summed E-state index contributed by atoms with van der Waals surface area (Å²) in [6.07, 6.45) is 0. The minimum absolute atomic E-state index is 0. The zero-order chi connectivity index (χ0) is 30.1. The van der Waals surface area contributed by atoms with Crippen molar-refractivity contribution in [2.75, 3.05) is 0 Å². The summed E-state index contributed by atoms with van der Waals surface area (Å²) >= 11 is 4.97. The van der Waals surface area contributed by atoms with Gasteiger partial charge in [0.05, 0.1) is 0 Å². The van der Waals surface area contributed by atoms with Gasteiger partial charge in [-0.1, -0.05) is 91.0 Å². The number of hydrogen-bond donors (Lipinski definition) is 0. The van der Waals surface area contributed by atoms with Gasteiger partial charge in [-0.05, 0) is 48.5 Å². The molecule has 0 saturated heterocycles. The van der Waals surface area contributed by atoms with E-state index in [1.165, 1.54) is 21.2 Å². The van der Waals surface area contributed by atoms with Gasteiger partial charge in [0.15, 0.2) is 0 Å². The van der Waals surface area contributed by atoms with Crippen LogP contribution in [0.4, 0.5) is 0 Å². The Morgan fingerprint density at radius 2 is 0.643 bits per heavy atom. The van der Waals surface area contributed by atoms with Crippen molar-refractivity contribution in [3.63, 3.8) is 0 Å². The van der Waals surface area contributed by atoms with Gasteiger partial charge in [-0.2, -0.15) is 48.1 Å². The van der Waals surface area contributed by atoms with Gasteiger partial charge in [0.2, 0.25) is 0 Å². The number of carbonyl (C=O) groups excluding carboxylic acids is 1. The third-order valence-electron chi connectivity index (χ3n) is 6.10. The average Bonchev–Trinajstić information content (AvgIpc) is 3.05. The second kappa shape index (κ2) is 20.4. The molecule has 0 atom stereocenters. The molecule has 0 unspecified atom stereocenters. The first-order valence-electron chi connectivity index (χ1n) is 12.6. The van der Waals surface area contributed by atoms with Crippen LogP contribution in [0.25, 0.3) is 0 Å². The molecule has 0 amide bonds. The molecule has 0 saturated carbocycles. The van der Waals surface area contributed by atoms with Crippen LogP contribution in [0.2, 0.25) is 0 Å². The average molecular weight is 1020 g/mol. The van der Waals surface area contributed by atoms with Crippen LogP contribution in [-0.2, 0) is 41.3 Å². The van der Waals surface area contributed by atoms with Gasteiger partial charge in [-0.3, -0.25) is 0 Å². The van der Waals surface area contributed by atoms with Crippen LogP contribution >= 0.6 is 27.5 Å². The molecule has 42 heavy (non-hydrogen) atoms. The van der Waals surface area contributed by atoms with Crippen molar-refractivity contribution in [3.05, 3.63) is 191 Å². The largest absolute Gasteiger partial charge is 0.332 e. The Hall–Kier alpha value is -1.54. The fourth-order valence-electron chi connectivity index (χ4n) is 3.78. The number of benzene rings is 5. The second-order valence-electron chi connectivity index (χ2n) is 9.07. The Morgan fingerprint density at radius 3 is 0.810 bits per heavy atom. The number of carbonyl (C=O) groups is 1. The van der Waals surface area contributed by atoms with Crippen molar-refractivity contribution in [1.82, 2.24) is 0 Å². The molecule has 5 aromatic carbocycles. The van der Waals surface area contributed by atoms with Crippen molar-refractivity contribution in [2.24, 2.45) is 0 Å².